The molecule has 2 saturated carbocycles. The van der Waals surface area contributed by atoms with Crippen LogP contribution in [0.4, 0.5) is 0 Å². The van der Waals surface area contributed by atoms with Crippen molar-refractivity contribution in [3.8, 4) is 0 Å². The summed E-state index contributed by atoms with van der Waals surface area (Å²) >= 11 is 0. The number of rotatable bonds is 6. The molecule has 0 aromatic heterocycles. The van der Waals surface area contributed by atoms with Crippen molar-refractivity contribution in [2.45, 2.75) is 39.0 Å². The Hall–Kier alpha value is -0.0800. The summed E-state index contributed by atoms with van der Waals surface area (Å²) in [6, 6.07) is 0. The minimum atomic E-state index is 0.580. The van der Waals surface area contributed by atoms with Crippen LogP contribution in [0.15, 0.2) is 0 Å². The minimum absolute atomic E-state index is 0.580. The van der Waals surface area contributed by atoms with Crippen molar-refractivity contribution in [3.63, 3.8) is 0 Å². The summed E-state index contributed by atoms with van der Waals surface area (Å²) in [5, 5.41) is 3.45. The summed E-state index contributed by atoms with van der Waals surface area (Å²) in [7, 11) is 3.93. The molecule has 0 aromatic rings. The molecule has 0 heterocycles. The molecule has 16 heavy (non-hydrogen) atoms. The topological polar surface area (TPSA) is 21.3 Å². The number of nitrogens with one attached hydrogen (secondary N) is 1. The second-order valence-electron chi connectivity index (χ2n) is 6.03. The van der Waals surface area contributed by atoms with Crippen LogP contribution in [0.2, 0.25) is 0 Å². The third-order valence-electron chi connectivity index (χ3n) is 5.27. The van der Waals surface area contributed by atoms with Gasteiger partial charge in [-0.2, -0.15) is 0 Å². The van der Waals surface area contributed by atoms with Crippen LogP contribution in [0.25, 0.3) is 0 Å². The van der Waals surface area contributed by atoms with Crippen molar-refractivity contribution in [1.29, 1.82) is 0 Å². The van der Waals surface area contributed by atoms with E-state index in [-0.39, 0.29) is 0 Å². The van der Waals surface area contributed by atoms with Crippen LogP contribution in [0, 0.1) is 23.2 Å². The number of hydrogen-bond donors (Lipinski definition) is 1. The lowest BCUT2D eigenvalue weighted by atomic mass is 9.64. The highest BCUT2D eigenvalue weighted by atomic mass is 16.5. The highest BCUT2D eigenvalue weighted by Crippen LogP contribution is 2.59. The van der Waals surface area contributed by atoms with Gasteiger partial charge in [-0.05, 0) is 55.9 Å². The molecule has 2 heteroatoms. The van der Waals surface area contributed by atoms with Gasteiger partial charge in [-0.3, -0.25) is 0 Å². The summed E-state index contributed by atoms with van der Waals surface area (Å²) in [4.78, 5) is 0. The zero-order valence-electron chi connectivity index (χ0n) is 11.1. The van der Waals surface area contributed by atoms with Crippen LogP contribution in [0.3, 0.4) is 0 Å². The normalized spacial score (nSPS) is 39.2. The lowest BCUT2D eigenvalue weighted by Gasteiger charge is -2.43. The van der Waals surface area contributed by atoms with Gasteiger partial charge in [-0.1, -0.05) is 13.3 Å². The number of fused-ring (bicyclic) bond motifs is 2. The molecule has 4 atom stereocenters. The molecule has 0 aliphatic heterocycles. The molecule has 4 unspecified atom stereocenters. The maximum Gasteiger partial charge on any atom is 0.0465 e. The average Bonchev–Trinajstić information content (AvgIpc) is 2.86. The SMILES string of the molecule is CNCC1(C(C)CCOC)CC2CCC1C2. The van der Waals surface area contributed by atoms with Crippen molar-refractivity contribution in [1.82, 2.24) is 5.32 Å². The highest BCUT2D eigenvalue weighted by Gasteiger charge is 2.52. The first kappa shape index (κ1) is 12.4. The van der Waals surface area contributed by atoms with Gasteiger partial charge in [0.1, 0.15) is 0 Å². The van der Waals surface area contributed by atoms with Crippen molar-refractivity contribution >= 4 is 0 Å². The van der Waals surface area contributed by atoms with Crippen LogP contribution < -0.4 is 5.32 Å². The van der Waals surface area contributed by atoms with E-state index in [4.69, 9.17) is 4.74 Å². The largest absolute Gasteiger partial charge is 0.385 e. The first-order chi connectivity index (χ1) is 7.73. The monoisotopic (exact) mass is 225 g/mol. The van der Waals surface area contributed by atoms with E-state index in [1.165, 1.54) is 38.6 Å². The molecule has 2 nitrogen and oxygen atoms in total. The Morgan fingerprint density at radius 2 is 2.25 bits per heavy atom. The van der Waals surface area contributed by atoms with E-state index in [0.29, 0.717) is 5.41 Å². The van der Waals surface area contributed by atoms with Gasteiger partial charge in [-0.15, -0.1) is 0 Å². The molecule has 0 saturated heterocycles. The molecule has 0 amide bonds. The molecule has 0 aromatic carbocycles. The molecule has 0 radical (unpaired) electrons. The molecule has 2 fully saturated rings. The molecule has 2 bridgehead atoms. The van der Waals surface area contributed by atoms with Gasteiger partial charge in [0.2, 0.25) is 0 Å². The fraction of sp³-hybridized carbons (Fsp3) is 1.00. The molecule has 2 aliphatic carbocycles. The maximum atomic E-state index is 5.25. The predicted octanol–water partition coefficient (Wildman–Crippen LogP) is 2.68. The zero-order chi connectivity index (χ0) is 11.6. The Labute approximate surface area is 100 Å². The Morgan fingerprint density at radius 1 is 1.44 bits per heavy atom. The van der Waals surface area contributed by atoms with E-state index in [1.54, 1.807) is 0 Å². The van der Waals surface area contributed by atoms with Crippen LogP contribution in [-0.4, -0.2) is 27.3 Å². The van der Waals surface area contributed by atoms with Crippen LogP contribution in [-0.2, 0) is 4.74 Å². The number of ether oxygens (including phenoxy) is 1. The standard InChI is InChI=1S/C14H27NO/c1-11(6-7-16-3)14(10-15-2)9-12-4-5-13(14)8-12/h11-13,15H,4-10H2,1-3H3. The lowest BCUT2D eigenvalue weighted by molar-refractivity contribution is 0.0592. The lowest BCUT2D eigenvalue weighted by Crippen LogP contribution is -2.43. The minimum Gasteiger partial charge on any atom is -0.385 e. The van der Waals surface area contributed by atoms with E-state index in [9.17, 15) is 0 Å². The van der Waals surface area contributed by atoms with Crippen molar-refractivity contribution in [3.05, 3.63) is 0 Å². The van der Waals surface area contributed by atoms with E-state index in [2.05, 4.69) is 19.3 Å². The summed E-state index contributed by atoms with van der Waals surface area (Å²) in [5.41, 5.74) is 0.580. The van der Waals surface area contributed by atoms with Gasteiger partial charge >= 0.3 is 0 Å². The number of hydrogen-bond acceptors (Lipinski definition) is 2. The molecule has 0 spiro atoms. The third-order valence-corrected chi connectivity index (χ3v) is 5.27. The van der Waals surface area contributed by atoms with Crippen LogP contribution in [0.1, 0.15) is 39.0 Å². The molecule has 94 valence electrons. The van der Waals surface area contributed by atoms with Crippen LogP contribution >= 0.6 is 0 Å². The fourth-order valence-electron chi connectivity index (χ4n) is 4.39. The quantitative estimate of drug-likeness (QED) is 0.750. The van der Waals surface area contributed by atoms with Crippen LogP contribution in [0.5, 0.6) is 0 Å². The second kappa shape index (κ2) is 5.05. The van der Waals surface area contributed by atoms with Crippen molar-refractivity contribution in [2.24, 2.45) is 23.2 Å². The van der Waals surface area contributed by atoms with Crippen molar-refractivity contribution < 1.29 is 4.74 Å². The Bertz CT molecular complexity index is 231. The smallest absolute Gasteiger partial charge is 0.0465 e. The first-order valence-electron chi connectivity index (χ1n) is 6.86. The van der Waals surface area contributed by atoms with E-state index in [0.717, 1.165) is 24.4 Å². The van der Waals surface area contributed by atoms with E-state index in [1.807, 2.05) is 7.11 Å². The molecular weight excluding hydrogens is 198 g/mol. The molecular formula is C14H27NO. The van der Waals surface area contributed by atoms with E-state index < -0.39 is 0 Å². The van der Waals surface area contributed by atoms with Gasteiger partial charge in [-0.25, -0.2) is 0 Å². The second-order valence-corrected chi connectivity index (χ2v) is 6.03. The van der Waals surface area contributed by atoms with Gasteiger partial charge in [0.05, 0.1) is 0 Å². The van der Waals surface area contributed by atoms with Crippen molar-refractivity contribution in [2.75, 3.05) is 27.3 Å². The highest BCUT2D eigenvalue weighted by molar-refractivity contribution is 5.03. The van der Waals surface area contributed by atoms with Gasteiger partial charge < -0.3 is 10.1 Å². The zero-order valence-corrected chi connectivity index (χ0v) is 11.1. The maximum absolute atomic E-state index is 5.25. The predicted molar refractivity (Wildman–Crippen MR) is 67.5 cm³/mol. The summed E-state index contributed by atoms with van der Waals surface area (Å²) in [5.74, 6) is 2.82. The Morgan fingerprint density at radius 3 is 2.75 bits per heavy atom. The molecule has 2 rings (SSSR count). The summed E-state index contributed by atoms with van der Waals surface area (Å²) in [6.45, 7) is 4.57. The average molecular weight is 225 g/mol. The Kier molecular flexibility index (Phi) is 3.91. The molecule has 2 aliphatic rings. The van der Waals surface area contributed by atoms with Gasteiger partial charge in [0, 0.05) is 20.3 Å². The van der Waals surface area contributed by atoms with Gasteiger partial charge in [0.15, 0.2) is 0 Å². The summed E-state index contributed by atoms with van der Waals surface area (Å²) < 4.78 is 5.25. The Balaban J connectivity index is 2.04. The number of methoxy groups -OCH3 is 1. The van der Waals surface area contributed by atoms with E-state index >= 15 is 0 Å². The fourth-order valence-corrected chi connectivity index (χ4v) is 4.39. The summed E-state index contributed by atoms with van der Waals surface area (Å²) in [6.07, 6.45) is 7.15. The van der Waals surface area contributed by atoms with Gasteiger partial charge in [0.25, 0.3) is 0 Å². The third kappa shape index (κ3) is 2.02. The molecule has 1 N–H and O–H groups in total. The first-order valence-corrected chi connectivity index (χ1v) is 6.86.